The summed E-state index contributed by atoms with van der Waals surface area (Å²) in [7, 11) is 1.67. The number of methoxy groups -OCH3 is 1. The molecular formula is C20H25N5O. The number of rotatable bonds is 8. The molecule has 0 saturated heterocycles. The van der Waals surface area contributed by atoms with E-state index in [1.54, 1.807) is 7.11 Å². The van der Waals surface area contributed by atoms with Gasteiger partial charge in [-0.3, -0.25) is 4.90 Å². The van der Waals surface area contributed by atoms with Crippen molar-refractivity contribution in [3.05, 3.63) is 60.4 Å². The summed E-state index contributed by atoms with van der Waals surface area (Å²) in [6, 6.07) is 16.0. The number of nitrogens with one attached hydrogen (secondary N) is 1. The lowest BCUT2D eigenvalue weighted by Gasteiger charge is -2.15. The predicted octanol–water partition coefficient (Wildman–Crippen LogP) is 3.86. The summed E-state index contributed by atoms with van der Waals surface area (Å²) in [5.74, 6) is 0.823. The van der Waals surface area contributed by atoms with Gasteiger partial charge in [0.25, 0.3) is 0 Å². The van der Waals surface area contributed by atoms with Crippen molar-refractivity contribution in [2.75, 3.05) is 25.5 Å². The maximum Gasteiger partial charge on any atom is 0.120 e. The summed E-state index contributed by atoms with van der Waals surface area (Å²) >= 11 is 0. The molecule has 2 aromatic carbocycles. The molecule has 3 rings (SSSR count). The average molecular weight is 351 g/mol. The molecule has 26 heavy (non-hydrogen) atoms. The van der Waals surface area contributed by atoms with E-state index >= 15 is 0 Å². The Labute approximate surface area is 154 Å². The van der Waals surface area contributed by atoms with Gasteiger partial charge in [0.15, 0.2) is 0 Å². The Balaban J connectivity index is 1.76. The highest BCUT2D eigenvalue weighted by Gasteiger charge is 2.07. The second kappa shape index (κ2) is 8.49. The number of ether oxygens (including phenoxy) is 1. The molecule has 0 amide bonds. The summed E-state index contributed by atoms with van der Waals surface area (Å²) in [6.45, 7) is 7.13. The molecule has 0 aliphatic heterocycles. The Morgan fingerprint density at radius 3 is 2.50 bits per heavy atom. The fraction of sp³-hybridized carbons (Fsp3) is 0.300. The van der Waals surface area contributed by atoms with E-state index in [0.717, 1.165) is 48.1 Å². The summed E-state index contributed by atoms with van der Waals surface area (Å²) in [4.78, 5) is 2.31. The maximum atomic E-state index is 5.27. The van der Waals surface area contributed by atoms with Gasteiger partial charge in [-0.1, -0.05) is 31.2 Å². The van der Waals surface area contributed by atoms with Crippen molar-refractivity contribution in [1.29, 1.82) is 0 Å². The number of nitrogens with zero attached hydrogens (tertiary/aromatic N) is 4. The molecule has 0 bridgehead atoms. The van der Waals surface area contributed by atoms with Gasteiger partial charge in [-0.25, -0.2) is 4.68 Å². The van der Waals surface area contributed by atoms with Crippen LogP contribution in [0, 0.1) is 0 Å². The molecule has 0 unspecified atom stereocenters. The van der Waals surface area contributed by atoms with Gasteiger partial charge in [-0.15, -0.1) is 5.10 Å². The zero-order valence-electron chi connectivity index (χ0n) is 15.5. The Morgan fingerprint density at radius 1 is 1.04 bits per heavy atom. The zero-order chi connectivity index (χ0) is 18.4. The van der Waals surface area contributed by atoms with Crippen LogP contribution in [0.3, 0.4) is 0 Å². The second-order valence-corrected chi connectivity index (χ2v) is 6.02. The molecule has 0 aliphatic rings. The lowest BCUT2D eigenvalue weighted by atomic mass is 10.2. The van der Waals surface area contributed by atoms with E-state index < -0.39 is 0 Å². The molecule has 6 heteroatoms. The van der Waals surface area contributed by atoms with Crippen LogP contribution in [-0.2, 0) is 6.54 Å². The van der Waals surface area contributed by atoms with Crippen LogP contribution in [0.25, 0.3) is 5.69 Å². The van der Waals surface area contributed by atoms with Crippen molar-refractivity contribution in [3.63, 3.8) is 0 Å². The Hall–Kier alpha value is -2.86. The largest absolute Gasteiger partial charge is 0.497 e. The van der Waals surface area contributed by atoms with E-state index in [1.807, 2.05) is 53.3 Å². The molecule has 0 spiro atoms. The van der Waals surface area contributed by atoms with Gasteiger partial charge in [-0.05, 0) is 43.4 Å². The number of hydrogen-bond acceptors (Lipinski definition) is 5. The normalized spacial score (nSPS) is 10.9. The Kier molecular flexibility index (Phi) is 5.86. The highest BCUT2D eigenvalue weighted by atomic mass is 16.5. The third kappa shape index (κ3) is 4.40. The van der Waals surface area contributed by atoms with Gasteiger partial charge in [0.1, 0.15) is 5.75 Å². The number of benzene rings is 2. The van der Waals surface area contributed by atoms with E-state index in [-0.39, 0.29) is 0 Å². The predicted molar refractivity (Wildman–Crippen MR) is 104 cm³/mol. The van der Waals surface area contributed by atoms with E-state index in [4.69, 9.17) is 4.74 Å². The first-order chi connectivity index (χ1) is 12.7. The van der Waals surface area contributed by atoms with Crippen LogP contribution in [0.15, 0.2) is 54.7 Å². The minimum Gasteiger partial charge on any atom is -0.497 e. The topological polar surface area (TPSA) is 55.2 Å². The first kappa shape index (κ1) is 17.9. The van der Waals surface area contributed by atoms with E-state index in [1.165, 1.54) is 0 Å². The van der Waals surface area contributed by atoms with Gasteiger partial charge >= 0.3 is 0 Å². The molecule has 1 N–H and O–H groups in total. The van der Waals surface area contributed by atoms with Gasteiger partial charge in [-0.2, -0.15) is 0 Å². The highest BCUT2D eigenvalue weighted by molar-refractivity contribution is 5.63. The monoisotopic (exact) mass is 351 g/mol. The smallest absolute Gasteiger partial charge is 0.120 e. The van der Waals surface area contributed by atoms with Crippen LogP contribution in [0.5, 0.6) is 5.75 Å². The van der Waals surface area contributed by atoms with Crippen molar-refractivity contribution in [2.24, 2.45) is 0 Å². The Bertz CT molecular complexity index is 841. The SMILES string of the molecule is CCN(CC)Cc1cn(-c2cccc(Nc3cccc(OC)c3)c2)nn1. The van der Waals surface area contributed by atoms with Crippen LogP contribution in [-0.4, -0.2) is 40.1 Å². The maximum absolute atomic E-state index is 5.27. The average Bonchev–Trinajstić information content (AvgIpc) is 3.15. The minimum atomic E-state index is 0.814. The van der Waals surface area contributed by atoms with E-state index in [2.05, 4.69) is 40.4 Å². The van der Waals surface area contributed by atoms with Crippen molar-refractivity contribution in [2.45, 2.75) is 20.4 Å². The summed E-state index contributed by atoms with van der Waals surface area (Å²) < 4.78 is 7.09. The summed E-state index contributed by atoms with van der Waals surface area (Å²) in [6.07, 6.45) is 1.99. The number of anilines is 2. The van der Waals surface area contributed by atoms with Gasteiger partial charge < -0.3 is 10.1 Å². The minimum absolute atomic E-state index is 0.814. The molecule has 0 radical (unpaired) electrons. The highest BCUT2D eigenvalue weighted by Crippen LogP contribution is 2.22. The first-order valence-electron chi connectivity index (χ1n) is 8.87. The fourth-order valence-electron chi connectivity index (χ4n) is 2.77. The third-order valence-corrected chi connectivity index (χ3v) is 4.29. The summed E-state index contributed by atoms with van der Waals surface area (Å²) in [5, 5.41) is 12.0. The van der Waals surface area contributed by atoms with Crippen LogP contribution in [0.2, 0.25) is 0 Å². The molecule has 0 saturated carbocycles. The van der Waals surface area contributed by atoms with Gasteiger partial charge in [0, 0.05) is 24.0 Å². The molecule has 136 valence electrons. The van der Waals surface area contributed by atoms with Crippen molar-refractivity contribution >= 4 is 11.4 Å². The molecule has 3 aromatic rings. The molecule has 1 heterocycles. The van der Waals surface area contributed by atoms with Crippen LogP contribution >= 0.6 is 0 Å². The quantitative estimate of drug-likeness (QED) is 0.668. The van der Waals surface area contributed by atoms with Crippen molar-refractivity contribution < 1.29 is 4.74 Å². The number of hydrogen-bond donors (Lipinski definition) is 1. The van der Waals surface area contributed by atoms with Crippen molar-refractivity contribution in [3.8, 4) is 11.4 Å². The second-order valence-electron chi connectivity index (χ2n) is 6.02. The molecule has 0 aliphatic carbocycles. The van der Waals surface area contributed by atoms with Crippen molar-refractivity contribution in [1.82, 2.24) is 19.9 Å². The zero-order valence-corrected chi connectivity index (χ0v) is 15.5. The molecular weight excluding hydrogens is 326 g/mol. The van der Waals surface area contributed by atoms with Gasteiger partial charge in [0.2, 0.25) is 0 Å². The van der Waals surface area contributed by atoms with E-state index in [0.29, 0.717) is 0 Å². The van der Waals surface area contributed by atoms with Crippen LogP contribution in [0.4, 0.5) is 11.4 Å². The first-order valence-corrected chi connectivity index (χ1v) is 8.87. The molecule has 1 aromatic heterocycles. The van der Waals surface area contributed by atoms with Crippen LogP contribution < -0.4 is 10.1 Å². The van der Waals surface area contributed by atoms with E-state index in [9.17, 15) is 0 Å². The lowest BCUT2D eigenvalue weighted by molar-refractivity contribution is 0.292. The fourth-order valence-corrected chi connectivity index (χ4v) is 2.77. The van der Waals surface area contributed by atoms with Gasteiger partial charge in [0.05, 0.1) is 24.7 Å². The Morgan fingerprint density at radius 2 is 1.77 bits per heavy atom. The molecule has 6 nitrogen and oxygen atoms in total. The lowest BCUT2D eigenvalue weighted by Crippen LogP contribution is -2.22. The van der Waals surface area contributed by atoms with Crippen LogP contribution in [0.1, 0.15) is 19.5 Å². The standard InChI is InChI=1S/C20H25N5O/c1-4-24(5-2)14-18-15-25(23-22-18)19-10-6-8-16(12-19)21-17-9-7-11-20(13-17)26-3/h6-13,15,21H,4-5,14H2,1-3H3. The molecule has 0 atom stereocenters. The summed E-state index contributed by atoms with van der Waals surface area (Å²) in [5.41, 5.74) is 3.90. The third-order valence-electron chi connectivity index (χ3n) is 4.29. The molecule has 0 fully saturated rings. The number of aromatic nitrogens is 3.